The first kappa shape index (κ1) is 12.4. The predicted octanol–water partition coefficient (Wildman–Crippen LogP) is 2.87. The molecule has 0 N–H and O–H groups in total. The molecule has 0 aromatic heterocycles. The molecule has 2 fully saturated rings. The third-order valence-electron chi connectivity index (χ3n) is 3.85. The van der Waals surface area contributed by atoms with E-state index in [4.69, 9.17) is 0 Å². The number of hydrogen-bond donors (Lipinski definition) is 0. The number of carbonyl (C=O) groups is 1. The summed E-state index contributed by atoms with van der Waals surface area (Å²) in [6.45, 7) is 0.444. The highest BCUT2D eigenvalue weighted by Crippen LogP contribution is 2.43. The zero-order valence-electron chi connectivity index (χ0n) is 9.93. The number of nitrogens with zero attached hydrogens (tertiary/aromatic N) is 1. The number of amides is 1. The minimum absolute atomic E-state index is 0.0387. The van der Waals surface area contributed by atoms with Crippen molar-refractivity contribution in [3.8, 4) is 0 Å². The number of rotatable bonds is 1. The monoisotopic (exact) mass is 273 g/mol. The summed E-state index contributed by atoms with van der Waals surface area (Å²) in [5.41, 5.74) is -0.732. The molecule has 3 rings (SSSR count). The molecule has 0 bridgehead atoms. The summed E-state index contributed by atoms with van der Waals surface area (Å²) in [6, 6.07) is 0.471. The largest absolute Gasteiger partial charge is 0.335 e. The van der Waals surface area contributed by atoms with Gasteiger partial charge in [-0.15, -0.1) is 0 Å². The molecule has 1 aromatic rings. The zero-order chi connectivity index (χ0) is 13.7. The van der Waals surface area contributed by atoms with Crippen LogP contribution in [0, 0.1) is 29.2 Å². The maximum Gasteiger partial charge on any atom is 0.257 e. The van der Waals surface area contributed by atoms with E-state index in [2.05, 4.69) is 0 Å². The number of benzene rings is 1. The number of piperidine rings is 1. The highest BCUT2D eigenvalue weighted by molar-refractivity contribution is 5.95. The number of carbonyl (C=O) groups excluding carboxylic acids is 1. The minimum atomic E-state index is -1.94. The van der Waals surface area contributed by atoms with Crippen molar-refractivity contribution in [3.63, 3.8) is 0 Å². The molecule has 102 valence electrons. The van der Waals surface area contributed by atoms with Gasteiger partial charge in [-0.2, -0.15) is 0 Å². The molecule has 1 saturated heterocycles. The number of fused-ring (bicyclic) bond motifs is 1. The maximum atomic E-state index is 13.6. The van der Waals surface area contributed by atoms with E-state index < -0.39 is 34.7 Å². The molecule has 1 amide bonds. The molecule has 2 atom stereocenters. The SMILES string of the molecule is O=C(c1cc(F)c(F)c(F)c1F)N1CCC[C@H]2C[C@H]21. The highest BCUT2D eigenvalue weighted by atomic mass is 19.2. The molecule has 2 nitrogen and oxygen atoms in total. The Kier molecular flexibility index (Phi) is 2.76. The molecule has 0 spiro atoms. The van der Waals surface area contributed by atoms with Crippen LogP contribution in [0.1, 0.15) is 29.6 Å². The van der Waals surface area contributed by atoms with Crippen molar-refractivity contribution in [3.05, 3.63) is 34.9 Å². The Labute approximate surface area is 107 Å². The lowest BCUT2D eigenvalue weighted by Crippen LogP contribution is -2.38. The summed E-state index contributed by atoms with van der Waals surface area (Å²) in [7, 11) is 0. The normalized spacial score (nSPS) is 25.2. The Morgan fingerprint density at radius 1 is 1.16 bits per heavy atom. The molecule has 6 heteroatoms. The predicted molar refractivity (Wildman–Crippen MR) is 58.4 cm³/mol. The van der Waals surface area contributed by atoms with Crippen LogP contribution in [0.3, 0.4) is 0 Å². The van der Waals surface area contributed by atoms with E-state index in [0.29, 0.717) is 18.5 Å². The third kappa shape index (κ3) is 1.89. The fraction of sp³-hybridized carbons (Fsp3) is 0.462. The van der Waals surface area contributed by atoms with Crippen LogP contribution >= 0.6 is 0 Å². The van der Waals surface area contributed by atoms with E-state index in [9.17, 15) is 22.4 Å². The average molecular weight is 273 g/mol. The lowest BCUT2D eigenvalue weighted by Gasteiger charge is -2.27. The summed E-state index contributed by atoms with van der Waals surface area (Å²) in [5, 5.41) is 0. The molecule has 1 saturated carbocycles. The van der Waals surface area contributed by atoms with Gasteiger partial charge in [0.2, 0.25) is 0 Å². The van der Waals surface area contributed by atoms with Crippen LogP contribution < -0.4 is 0 Å². The molecular weight excluding hydrogens is 262 g/mol. The van der Waals surface area contributed by atoms with Crippen LogP contribution in [-0.2, 0) is 0 Å². The fourth-order valence-corrected chi connectivity index (χ4v) is 2.75. The van der Waals surface area contributed by atoms with Crippen LogP contribution in [0.2, 0.25) is 0 Å². The maximum absolute atomic E-state index is 13.6. The van der Waals surface area contributed by atoms with Gasteiger partial charge in [-0.3, -0.25) is 4.79 Å². The molecule has 1 heterocycles. The van der Waals surface area contributed by atoms with Crippen LogP contribution in [0.25, 0.3) is 0 Å². The van der Waals surface area contributed by atoms with Gasteiger partial charge in [0.1, 0.15) is 0 Å². The number of likely N-dealkylation sites (tertiary alicyclic amines) is 1. The summed E-state index contributed by atoms with van der Waals surface area (Å²) in [5.74, 6) is -7.35. The van der Waals surface area contributed by atoms with Gasteiger partial charge in [-0.25, -0.2) is 17.6 Å². The van der Waals surface area contributed by atoms with Gasteiger partial charge >= 0.3 is 0 Å². The fourth-order valence-electron chi connectivity index (χ4n) is 2.75. The smallest absolute Gasteiger partial charge is 0.257 e. The van der Waals surface area contributed by atoms with Gasteiger partial charge in [0.05, 0.1) is 5.56 Å². The standard InChI is InChI=1S/C13H11F4NO/c14-8-5-7(10(15)12(17)11(8)16)13(19)18-3-1-2-6-4-9(6)18/h5-6,9H,1-4H2/t6-,9+/m0/s1. The second-order valence-corrected chi connectivity index (χ2v) is 5.05. The second-order valence-electron chi connectivity index (χ2n) is 5.05. The van der Waals surface area contributed by atoms with E-state index in [1.165, 1.54) is 4.90 Å². The Bertz CT molecular complexity index is 560. The summed E-state index contributed by atoms with van der Waals surface area (Å²) < 4.78 is 52.6. The molecule has 0 unspecified atom stereocenters. The first-order valence-corrected chi connectivity index (χ1v) is 6.14. The Balaban J connectivity index is 1.96. The average Bonchev–Trinajstić information content (AvgIpc) is 3.18. The third-order valence-corrected chi connectivity index (χ3v) is 3.85. The van der Waals surface area contributed by atoms with Crippen molar-refractivity contribution in [2.75, 3.05) is 6.54 Å². The first-order valence-electron chi connectivity index (χ1n) is 6.14. The van der Waals surface area contributed by atoms with Crippen molar-refractivity contribution in [1.29, 1.82) is 0 Å². The Morgan fingerprint density at radius 3 is 2.63 bits per heavy atom. The van der Waals surface area contributed by atoms with Crippen LogP contribution in [0.5, 0.6) is 0 Å². The van der Waals surface area contributed by atoms with Gasteiger partial charge in [-0.05, 0) is 31.2 Å². The molecule has 2 aliphatic rings. The van der Waals surface area contributed by atoms with Crippen molar-refractivity contribution in [1.82, 2.24) is 4.90 Å². The summed E-state index contributed by atoms with van der Waals surface area (Å²) in [4.78, 5) is 13.5. The quantitative estimate of drug-likeness (QED) is 0.438. The highest BCUT2D eigenvalue weighted by Gasteiger charge is 2.46. The van der Waals surface area contributed by atoms with Gasteiger partial charge < -0.3 is 4.90 Å². The minimum Gasteiger partial charge on any atom is -0.335 e. The van der Waals surface area contributed by atoms with Gasteiger partial charge in [-0.1, -0.05) is 0 Å². The lowest BCUT2D eigenvalue weighted by molar-refractivity contribution is 0.0699. The van der Waals surface area contributed by atoms with E-state index in [-0.39, 0.29) is 6.04 Å². The van der Waals surface area contributed by atoms with Crippen LogP contribution in [0.4, 0.5) is 17.6 Å². The van der Waals surface area contributed by atoms with Gasteiger partial charge in [0.15, 0.2) is 23.3 Å². The molecule has 1 aliphatic carbocycles. The van der Waals surface area contributed by atoms with Crippen LogP contribution in [0.15, 0.2) is 6.07 Å². The van der Waals surface area contributed by atoms with Gasteiger partial charge in [0.25, 0.3) is 5.91 Å². The van der Waals surface area contributed by atoms with Crippen molar-refractivity contribution >= 4 is 5.91 Å². The Hall–Kier alpha value is -1.59. The summed E-state index contributed by atoms with van der Waals surface area (Å²) in [6.07, 6.45) is 2.66. The Morgan fingerprint density at radius 2 is 1.89 bits per heavy atom. The van der Waals surface area contributed by atoms with E-state index in [1.54, 1.807) is 0 Å². The number of halogens is 4. The molecule has 0 radical (unpaired) electrons. The summed E-state index contributed by atoms with van der Waals surface area (Å²) >= 11 is 0. The molecule has 1 aromatic carbocycles. The molecule has 19 heavy (non-hydrogen) atoms. The van der Waals surface area contributed by atoms with Gasteiger partial charge in [0, 0.05) is 12.6 Å². The second kappa shape index (κ2) is 4.21. The van der Waals surface area contributed by atoms with Crippen molar-refractivity contribution in [2.45, 2.75) is 25.3 Å². The van der Waals surface area contributed by atoms with Crippen molar-refractivity contribution in [2.24, 2.45) is 5.92 Å². The lowest BCUT2D eigenvalue weighted by atomic mass is 10.1. The molecule has 1 aliphatic heterocycles. The van der Waals surface area contributed by atoms with E-state index in [0.717, 1.165) is 19.3 Å². The molecular formula is C13H11F4NO. The number of hydrogen-bond acceptors (Lipinski definition) is 1. The van der Waals surface area contributed by atoms with E-state index >= 15 is 0 Å². The van der Waals surface area contributed by atoms with Crippen molar-refractivity contribution < 1.29 is 22.4 Å². The topological polar surface area (TPSA) is 20.3 Å². The first-order chi connectivity index (χ1) is 9.00. The van der Waals surface area contributed by atoms with E-state index in [1.807, 2.05) is 0 Å². The zero-order valence-corrected chi connectivity index (χ0v) is 9.93. The van der Waals surface area contributed by atoms with Crippen LogP contribution in [-0.4, -0.2) is 23.4 Å².